The fraction of sp³-hybridized carbons (Fsp3) is 0.750. The van der Waals surface area contributed by atoms with Gasteiger partial charge in [-0.25, -0.2) is 0 Å². The number of nitrogens with two attached hydrogens (primary N) is 2. The first-order chi connectivity index (χ1) is 7.01. The molecule has 0 radical (unpaired) electrons. The first kappa shape index (κ1) is 14.2. The van der Waals surface area contributed by atoms with Crippen molar-refractivity contribution in [3.05, 3.63) is 0 Å². The van der Waals surface area contributed by atoms with E-state index in [0.717, 1.165) is 0 Å². The molecule has 7 heteroatoms. The topological polar surface area (TPSA) is 118 Å². The van der Waals surface area contributed by atoms with Gasteiger partial charge in [0.2, 0.25) is 11.8 Å². The number of thiol groups is 1. The summed E-state index contributed by atoms with van der Waals surface area (Å²) in [5.74, 6) is -0.500. The molecule has 0 spiro atoms. The Kier molecular flexibility index (Phi) is 7.10. The summed E-state index contributed by atoms with van der Waals surface area (Å²) in [7, 11) is 0. The molecule has 0 aliphatic heterocycles. The van der Waals surface area contributed by atoms with Gasteiger partial charge >= 0.3 is 0 Å². The van der Waals surface area contributed by atoms with Gasteiger partial charge in [0, 0.05) is 18.2 Å². The van der Waals surface area contributed by atoms with E-state index in [2.05, 4.69) is 17.9 Å². The standard InChI is InChI=1S/C8H17N3O3S/c9-6(3-12)8(14)11-5(4-15)1-2-7(10)13/h5-6,12,15H,1-4,9H2,(H2,10,13)(H,11,14)/t5-,6-/m0/s1. The van der Waals surface area contributed by atoms with Crippen molar-refractivity contribution >= 4 is 24.4 Å². The van der Waals surface area contributed by atoms with Gasteiger partial charge in [-0.1, -0.05) is 0 Å². The minimum Gasteiger partial charge on any atom is -0.394 e. The summed E-state index contributed by atoms with van der Waals surface area (Å²) in [6.45, 7) is -0.416. The Balaban J connectivity index is 3.98. The predicted octanol–water partition coefficient (Wildman–Crippen LogP) is -2.01. The second-order valence-electron chi connectivity index (χ2n) is 3.18. The van der Waals surface area contributed by atoms with E-state index in [9.17, 15) is 9.59 Å². The lowest BCUT2D eigenvalue weighted by atomic mass is 10.1. The van der Waals surface area contributed by atoms with Crippen molar-refractivity contribution in [2.45, 2.75) is 24.9 Å². The van der Waals surface area contributed by atoms with Crippen molar-refractivity contribution in [1.29, 1.82) is 0 Å². The molecule has 0 heterocycles. The van der Waals surface area contributed by atoms with Crippen LogP contribution in [0.5, 0.6) is 0 Å². The van der Waals surface area contributed by atoms with Gasteiger partial charge in [-0.2, -0.15) is 12.6 Å². The molecule has 6 nitrogen and oxygen atoms in total. The monoisotopic (exact) mass is 235 g/mol. The van der Waals surface area contributed by atoms with E-state index in [-0.39, 0.29) is 12.5 Å². The SMILES string of the molecule is NC(=O)CC[C@@H](CS)NC(=O)[C@@H](N)CO. The van der Waals surface area contributed by atoms with Gasteiger partial charge in [0.15, 0.2) is 0 Å². The number of carbonyl (C=O) groups excluding carboxylic acids is 2. The molecule has 0 fully saturated rings. The second kappa shape index (κ2) is 7.49. The Bertz CT molecular complexity index is 225. The van der Waals surface area contributed by atoms with Crippen LogP contribution in [-0.2, 0) is 9.59 Å². The van der Waals surface area contributed by atoms with Gasteiger partial charge < -0.3 is 21.9 Å². The first-order valence-electron chi connectivity index (χ1n) is 4.57. The quantitative estimate of drug-likeness (QED) is 0.327. The molecule has 15 heavy (non-hydrogen) atoms. The number of nitrogens with one attached hydrogen (secondary N) is 1. The molecule has 2 amide bonds. The summed E-state index contributed by atoms with van der Waals surface area (Å²) in [6.07, 6.45) is 0.600. The third-order valence-corrected chi connectivity index (χ3v) is 2.28. The highest BCUT2D eigenvalue weighted by molar-refractivity contribution is 7.80. The maximum absolute atomic E-state index is 11.2. The molecule has 88 valence electrons. The average molecular weight is 235 g/mol. The van der Waals surface area contributed by atoms with Crippen LogP contribution in [0.2, 0.25) is 0 Å². The van der Waals surface area contributed by atoms with E-state index < -0.39 is 24.5 Å². The Morgan fingerprint density at radius 1 is 1.47 bits per heavy atom. The molecule has 0 aromatic carbocycles. The third kappa shape index (κ3) is 6.32. The Morgan fingerprint density at radius 3 is 2.47 bits per heavy atom. The van der Waals surface area contributed by atoms with Crippen molar-refractivity contribution in [3.8, 4) is 0 Å². The molecule has 0 saturated heterocycles. The average Bonchev–Trinajstić information content (AvgIpc) is 2.22. The van der Waals surface area contributed by atoms with Crippen LogP contribution in [-0.4, -0.2) is 41.4 Å². The summed E-state index contributed by atoms with van der Waals surface area (Å²) in [6, 6.07) is -1.20. The number of primary amides is 1. The Morgan fingerprint density at radius 2 is 2.07 bits per heavy atom. The highest BCUT2D eigenvalue weighted by atomic mass is 32.1. The summed E-state index contributed by atoms with van der Waals surface area (Å²) in [5.41, 5.74) is 10.3. The molecule has 0 bridgehead atoms. The van der Waals surface area contributed by atoms with Gasteiger partial charge in [0.1, 0.15) is 6.04 Å². The summed E-state index contributed by atoms with van der Waals surface area (Å²) >= 11 is 4.02. The zero-order chi connectivity index (χ0) is 11.8. The van der Waals surface area contributed by atoms with Gasteiger partial charge in [0.25, 0.3) is 0 Å². The van der Waals surface area contributed by atoms with Crippen LogP contribution in [0.15, 0.2) is 0 Å². The minimum absolute atomic E-state index is 0.180. The van der Waals surface area contributed by atoms with Gasteiger partial charge in [-0.3, -0.25) is 9.59 Å². The molecule has 0 unspecified atom stereocenters. The fourth-order valence-electron chi connectivity index (χ4n) is 0.917. The van der Waals surface area contributed by atoms with Crippen molar-refractivity contribution in [3.63, 3.8) is 0 Å². The summed E-state index contributed by atoms with van der Waals surface area (Å²) < 4.78 is 0. The molecule has 6 N–H and O–H groups in total. The minimum atomic E-state index is -0.944. The molecule has 0 saturated carbocycles. The molecule has 0 aromatic heterocycles. The number of hydrogen-bond acceptors (Lipinski definition) is 5. The third-order valence-electron chi connectivity index (χ3n) is 1.84. The number of amides is 2. The zero-order valence-electron chi connectivity index (χ0n) is 8.35. The predicted molar refractivity (Wildman–Crippen MR) is 59.3 cm³/mol. The van der Waals surface area contributed by atoms with Crippen molar-refractivity contribution < 1.29 is 14.7 Å². The second-order valence-corrected chi connectivity index (χ2v) is 3.55. The lowest BCUT2D eigenvalue weighted by Crippen LogP contribution is -2.48. The summed E-state index contributed by atoms with van der Waals surface area (Å²) in [4.78, 5) is 21.8. The Hall–Kier alpha value is -0.790. The van der Waals surface area contributed by atoms with E-state index in [0.29, 0.717) is 12.2 Å². The highest BCUT2D eigenvalue weighted by Gasteiger charge is 2.16. The Labute approximate surface area is 93.8 Å². The van der Waals surface area contributed by atoms with Gasteiger partial charge in [-0.05, 0) is 6.42 Å². The van der Waals surface area contributed by atoms with E-state index in [4.69, 9.17) is 16.6 Å². The van der Waals surface area contributed by atoms with Crippen molar-refractivity contribution in [2.24, 2.45) is 11.5 Å². The lowest BCUT2D eigenvalue weighted by molar-refractivity contribution is -0.124. The normalized spacial score (nSPS) is 14.3. The molecule has 0 rings (SSSR count). The molecular formula is C8H17N3O3S. The van der Waals surface area contributed by atoms with E-state index >= 15 is 0 Å². The smallest absolute Gasteiger partial charge is 0.239 e. The summed E-state index contributed by atoms with van der Waals surface area (Å²) in [5, 5.41) is 11.2. The van der Waals surface area contributed by atoms with E-state index in [1.807, 2.05) is 0 Å². The number of aliphatic hydroxyl groups is 1. The van der Waals surface area contributed by atoms with Crippen LogP contribution in [0.25, 0.3) is 0 Å². The fourth-order valence-corrected chi connectivity index (χ4v) is 1.19. The maximum Gasteiger partial charge on any atom is 0.239 e. The van der Waals surface area contributed by atoms with Crippen LogP contribution in [0, 0.1) is 0 Å². The molecular weight excluding hydrogens is 218 g/mol. The first-order valence-corrected chi connectivity index (χ1v) is 5.20. The molecule has 0 aliphatic carbocycles. The highest BCUT2D eigenvalue weighted by Crippen LogP contribution is 1.99. The lowest BCUT2D eigenvalue weighted by Gasteiger charge is -2.17. The van der Waals surface area contributed by atoms with Crippen LogP contribution in [0.3, 0.4) is 0 Å². The molecule has 0 aliphatic rings. The van der Waals surface area contributed by atoms with E-state index in [1.54, 1.807) is 0 Å². The number of hydrogen-bond donors (Lipinski definition) is 5. The van der Waals surface area contributed by atoms with Gasteiger partial charge in [0.05, 0.1) is 6.61 Å². The van der Waals surface area contributed by atoms with Crippen molar-refractivity contribution in [1.82, 2.24) is 5.32 Å². The van der Waals surface area contributed by atoms with Crippen LogP contribution < -0.4 is 16.8 Å². The van der Waals surface area contributed by atoms with Crippen LogP contribution in [0.1, 0.15) is 12.8 Å². The van der Waals surface area contributed by atoms with Crippen molar-refractivity contribution in [2.75, 3.05) is 12.4 Å². The number of rotatable bonds is 7. The molecule has 2 atom stereocenters. The number of aliphatic hydroxyl groups excluding tert-OH is 1. The van der Waals surface area contributed by atoms with Crippen LogP contribution in [0.4, 0.5) is 0 Å². The van der Waals surface area contributed by atoms with Crippen LogP contribution >= 0.6 is 12.6 Å². The van der Waals surface area contributed by atoms with Gasteiger partial charge in [-0.15, -0.1) is 0 Å². The van der Waals surface area contributed by atoms with E-state index in [1.165, 1.54) is 0 Å². The largest absolute Gasteiger partial charge is 0.394 e. The maximum atomic E-state index is 11.2. The zero-order valence-corrected chi connectivity index (χ0v) is 9.24. The molecule has 0 aromatic rings. The number of carbonyl (C=O) groups is 2.